The third kappa shape index (κ3) is 6.38. The fourth-order valence-corrected chi connectivity index (χ4v) is 5.48. The van der Waals surface area contributed by atoms with Gasteiger partial charge >= 0.3 is 0 Å². The minimum absolute atomic E-state index is 0.105. The van der Waals surface area contributed by atoms with Crippen LogP contribution < -0.4 is 21.3 Å². The van der Waals surface area contributed by atoms with Crippen molar-refractivity contribution in [3.8, 4) is 0 Å². The molecule has 2 heterocycles. The summed E-state index contributed by atoms with van der Waals surface area (Å²) in [5, 5.41) is 13.9. The number of halogens is 1. The number of amidine groups is 1. The summed E-state index contributed by atoms with van der Waals surface area (Å²) in [7, 11) is 0. The molecule has 220 valence electrons. The molecule has 1 atom stereocenters. The van der Waals surface area contributed by atoms with Crippen molar-refractivity contribution in [1.82, 2.24) is 10.2 Å². The number of carbonyl (C=O) groups is 2. The number of piperidine rings is 1. The van der Waals surface area contributed by atoms with Crippen molar-refractivity contribution >= 4 is 29.0 Å². The third-order valence-corrected chi connectivity index (χ3v) is 7.78. The number of nitrogens with two attached hydrogens (primary N) is 1. The van der Waals surface area contributed by atoms with E-state index in [-0.39, 0.29) is 43.8 Å². The normalized spacial score (nSPS) is 15.3. The molecule has 42 heavy (non-hydrogen) atoms. The first-order chi connectivity index (χ1) is 20.4. The number of anilines is 2. The van der Waals surface area contributed by atoms with Gasteiger partial charge in [-0.15, -0.1) is 0 Å². The van der Waals surface area contributed by atoms with Crippen molar-refractivity contribution < 1.29 is 18.7 Å². The van der Waals surface area contributed by atoms with Crippen LogP contribution in [-0.2, 0) is 29.2 Å². The summed E-state index contributed by atoms with van der Waals surface area (Å²) in [4.78, 5) is 30.7. The van der Waals surface area contributed by atoms with Crippen LogP contribution in [0.4, 0.5) is 15.8 Å². The van der Waals surface area contributed by atoms with Gasteiger partial charge in [0.2, 0.25) is 6.23 Å². The number of rotatable bonds is 11. The van der Waals surface area contributed by atoms with Gasteiger partial charge in [0.15, 0.2) is 0 Å². The zero-order chi connectivity index (χ0) is 29.6. The second-order valence-electron chi connectivity index (χ2n) is 10.6. The highest BCUT2D eigenvalue weighted by molar-refractivity contribution is 6.01. The maximum atomic E-state index is 14.2. The van der Waals surface area contributed by atoms with E-state index in [4.69, 9.17) is 15.9 Å². The van der Waals surface area contributed by atoms with Crippen molar-refractivity contribution in [3.63, 3.8) is 0 Å². The Balaban J connectivity index is 1.29. The second-order valence-corrected chi connectivity index (χ2v) is 10.6. The van der Waals surface area contributed by atoms with Crippen LogP contribution in [0.5, 0.6) is 0 Å². The molecular weight excluding hydrogens is 535 g/mol. The van der Waals surface area contributed by atoms with Crippen LogP contribution >= 0.6 is 0 Å². The summed E-state index contributed by atoms with van der Waals surface area (Å²) in [5.41, 5.74) is 10.5. The Hall–Kier alpha value is -4.44. The molecule has 10 heteroatoms. The van der Waals surface area contributed by atoms with Gasteiger partial charge in [0.05, 0.1) is 0 Å². The minimum Gasteiger partial charge on any atom is -0.384 e. The maximum absolute atomic E-state index is 14.2. The molecule has 2 amide bonds. The highest BCUT2D eigenvalue weighted by Gasteiger charge is 2.37. The van der Waals surface area contributed by atoms with E-state index in [1.165, 1.54) is 17.4 Å². The van der Waals surface area contributed by atoms with E-state index < -0.39 is 12.1 Å². The number of hydrogen-bond donors (Lipinski definition) is 4. The smallest absolute Gasteiger partial charge is 0.270 e. The predicted octanol–water partition coefficient (Wildman–Crippen LogP) is 4.35. The summed E-state index contributed by atoms with van der Waals surface area (Å²) in [6.07, 6.45) is 2.41. The first-order valence-electron chi connectivity index (χ1n) is 14.4. The molecule has 0 radical (unpaired) electrons. The lowest BCUT2D eigenvalue weighted by Crippen LogP contribution is -2.48. The SMILES string of the molecule is CCOC(C(=O)NCc1ccc(C(=N)N)cc1NCc1ccccc1F)N1Cc2ccc(N3CCCCC3)cc2C1=O. The molecule has 2 aliphatic heterocycles. The van der Waals surface area contributed by atoms with E-state index in [0.29, 0.717) is 27.9 Å². The first kappa shape index (κ1) is 29.1. The lowest BCUT2D eigenvalue weighted by atomic mass is 10.1. The van der Waals surface area contributed by atoms with Gasteiger partial charge in [0, 0.05) is 67.4 Å². The van der Waals surface area contributed by atoms with Crippen LogP contribution in [0, 0.1) is 11.2 Å². The number of amides is 2. The Morgan fingerprint density at radius 1 is 1.05 bits per heavy atom. The summed E-state index contributed by atoms with van der Waals surface area (Å²) < 4.78 is 20.0. The molecule has 5 N–H and O–H groups in total. The Morgan fingerprint density at radius 3 is 2.57 bits per heavy atom. The van der Waals surface area contributed by atoms with Gasteiger partial charge in [0.1, 0.15) is 11.7 Å². The van der Waals surface area contributed by atoms with Crippen LogP contribution in [0.2, 0.25) is 0 Å². The van der Waals surface area contributed by atoms with Crippen molar-refractivity contribution in [2.24, 2.45) is 5.73 Å². The van der Waals surface area contributed by atoms with Crippen LogP contribution in [-0.4, -0.2) is 48.5 Å². The van der Waals surface area contributed by atoms with E-state index in [0.717, 1.165) is 37.2 Å². The standard InChI is InChI=1S/C32H37FN6O3/c1-2-42-32(39-20-24-12-13-25(17-26(24)31(39)41)38-14-6-3-7-15-38)30(40)37-19-23-11-10-21(29(34)35)16-28(23)36-18-22-8-4-5-9-27(22)33/h4-5,8-13,16-17,32,36H,2-3,6-7,14-15,18-20H2,1H3,(H3,34,35)(H,37,40). The molecule has 3 aromatic carbocycles. The van der Waals surface area contributed by atoms with E-state index in [2.05, 4.69) is 21.6 Å². The first-order valence-corrected chi connectivity index (χ1v) is 14.4. The van der Waals surface area contributed by atoms with Crippen molar-refractivity contribution in [3.05, 3.63) is 94.3 Å². The molecule has 0 aliphatic carbocycles. The molecule has 0 bridgehead atoms. The number of ether oxygens (including phenoxy) is 1. The highest BCUT2D eigenvalue weighted by Crippen LogP contribution is 2.30. The Bertz CT molecular complexity index is 1470. The predicted molar refractivity (Wildman–Crippen MR) is 161 cm³/mol. The third-order valence-electron chi connectivity index (χ3n) is 7.78. The van der Waals surface area contributed by atoms with Gasteiger partial charge in [-0.05, 0) is 61.6 Å². The Kier molecular flexibility index (Phi) is 9.02. The summed E-state index contributed by atoms with van der Waals surface area (Å²) in [5.74, 6) is -1.10. The molecule has 5 rings (SSSR count). The topological polar surface area (TPSA) is 124 Å². The van der Waals surface area contributed by atoms with Gasteiger partial charge in [-0.25, -0.2) is 4.39 Å². The summed E-state index contributed by atoms with van der Waals surface area (Å²) in [6, 6.07) is 17.6. The molecule has 0 spiro atoms. The lowest BCUT2D eigenvalue weighted by Gasteiger charge is -2.29. The van der Waals surface area contributed by atoms with Crippen molar-refractivity contribution in [2.75, 3.05) is 29.9 Å². The second kappa shape index (κ2) is 13.0. The number of nitrogens with one attached hydrogen (secondary N) is 3. The Morgan fingerprint density at radius 2 is 1.83 bits per heavy atom. The monoisotopic (exact) mass is 572 g/mol. The quantitative estimate of drug-likeness (QED) is 0.200. The molecule has 0 aromatic heterocycles. The fraction of sp³-hybridized carbons (Fsp3) is 0.344. The average Bonchev–Trinajstić information content (AvgIpc) is 3.33. The zero-order valence-electron chi connectivity index (χ0n) is 23.8. The summed E-state index contributed by atoms with van der Waals surface area (Å²) in [6.45, 7) is 4.60. The number of nitrogen functional groups attached to an aromatic ring is 1. The zero-order valence-corrected chi connectivity index (χ0v) is 23.8. The van der Waals surface area contributed by atoms with Crippen LogP contribution in [0.3, 0.4) is 0 Å². The van der Waals surface area contributed by atoms with Crippen molar-refractivity contribution in [2.45, 2.75) is 52.0 Å². The van der Waals surface area contributed by atoms with Crippen LogP contribution in [0.1, 0.15) is 58.8 Å². The van der Waals surface area contributed by atoms with Crippen LogP contribution in [0.15, 0.2) is 60.7 Å². The fourth-order valence-electron chi connectivity index (χ4n) is 5.48. The number of nitrogens with zero attached hydrogens (tertiary/aromatic N) is 2. The average molecular weight is 573 g/mol. The number of fused-ring (bicyclic) bond motifs is 1. The molecule has 0 saturated carbocycles. The lowest BCUT2D eigenvalue weighted by molar-refractivity contribution is -0.143. The van der Waals surface area contributed by atoms with Crippen molar-refractivity contribution in [1.29, 1.82) is 5.41 Å². The molecule has 1 saturated heterocycles. The number of hydrogen-bond acceptors (Lipinski definition) is 6. The van der Waals surface area contributed by atoms with E-state index >= 15 is 0 Å². The van der Waals surface area contributed by atoms with Gasteiger partial charge in [-0.3, -0.25) is 15.0 Å². The maximum Gasteiger partial charge on any atom is 0.270 e. The molecule has 1 fully saturated rings. The minimum atomic E-state index is -1.10. The van der Waals surface area contributed by atoms with Gasteiger partial charge in [-0.2, -0.15) is 0 Å². The largest absolute Gasteiger partial charge is 0.384 e. The molecule has 1 unspecified atom stereocenters. The van der Waals surface area contributed by atoms with E-state index in [1.807, 2.05) is 12.1 Å². The highest BCUT2D eigenvalue weighted by atomic mass is 19.1. The van der Waals surface area contributed by atoms with Gasteiger partial charge < -0.3 is 30.9 Å². The molecule has 2 aliphatic rings. The van der Waals surface area contributed by atoms with Gasteiger partial charge in [-0.1, -0.05) is 36.4 Å². The number of carbonyl (C=O) groups excluding carboxylic acids is 2. The van der Waals surface area contributed by atoms with E-state index in [9.17, 15) is 14.0 Å². The summed E-state index contributed by atoms with van der Waals surface area (Å²) >= 11 is 0. The Labute approximate surface area is 245 Å². The van der Waals surface area contributed by atoms with Crippen LogP contribution in [0.25, 0.3) is 0 Å². The molecule has 3 aromatic rings. The molecular formula is C32H37FN6O3. The number of benzene rings is 3. The van der Waals surface area contributed by atoms with Gasteiger partial charge in [0.25, 0.3) is 11.8 Å². The molecule has 9 nitrogen and oxygen atoms in total. The van der Waals surface area contributed by atoms with E-state index in [1.54, 1.807) is 43.3 Å².